The van der Waals surface area contributed by atoms with E-state index in [1.807, 2.05) is 19.1 Å². The fourth-order valence-electron chi connectivity index (χ4n) is 4.54. The number of anilines is 2. The number of hydrogen-bond donors (Lipinski definition) is 1. The van der Waals surface area contributed by atoms with Gasteiger partial charge >= 0.3 is 6.18 Å². The first-order valence-corrected chi connectivity index (χ1v) is 12.4. The molecule has 1 aliphatic heterocycles. The topological polar surface area (TPSA) is 66.4 Å². The molecule has 0 bridgehead atoms. The van der Waals surface area contributed by atoms with Crippen LogP contribution in [0.2, 0.25) is 0 Å². The molecule has 3 aromatic rings. The molecule has 3 heterocycles. The number of pyridine rings is 1. The van der Waals surface area contributed by atoms with Crippen molar-refractivity contribution < 1.29 is 22.3 Å². The molecule has 200 valence electrons. The first-order valence-electron chi connectivity index (χ1n) is 12.4. The summed E-state index contributed by atoms with van der Waals surface area (Å²) in [5.41, 5.74) is 1.61. The van der Waals surface area contributed by atoms with E-state index in [0.717, 1.165) is 62.5 Å². The minimum atomic E-state index is -4.49. The van der Waals surface area contributed by atoms with Gasteiger partial charge in [-0.2, -0.15) is 13.2 Å². The van der Waals surface area contributed by atoms with Crippen LogP contribution in [0, 0.1) is 5.82 Å². The number of hydrogen-bond acceptors (Lipinski definition) is 7. The number of alkyl halides is 3. The molecule has 11 heteroatoms. The normalized spacial score (nSPS) is 16.8. The van der Waals surface area contributed by atoms with Crippen LogP contribution in [0.1, 0.15) is 36.6 Å². The van der Waals surface area contributed by atoms with Crippen LogP contribution in [0.5, 0.6) is 5.88 Å². The second kappa shape index (κ2) is 10.1. The summed E-state index contributed by atoms with van der Waals surface area (Å²) < 4.78 is 58.6. The van der Waals surface area contributed by atoms with E-state index in [-0.39, 0.29) is 18.3 Å². The molecule has 0 atom stereocenters. The van der Waals surface area contributed by atoms with Gasteiger partial charge in [-0.25, -0.2) is 4.39 Å². The zero-order valence-corrected chi connectivity index (χ0v) is 20.9. The highest BCUT2D eigenvalue weighted by atomic mass is 19.4. The Morgan fingerprint density at radius 2 is 1.82 bits per heavy atom. The van der Waals surface area contributed by atoms with Gasteiger partial charge in [0.25, 0.3) is 0 Å². The maximum absolute atomic E-state index is 15.1. The molecule has 5 rings (SSSR count). The summed E-state index contributed by atoms with van der Waals surface area (Å²) in [6.07, 6.45) is -1.69. The van der Waals surface area contributed by atoms with Crippen molar-refractivity contribution in [2.24, 2.45) is 0 Å². The highest BCUT2D eigenvalue weighted by Crippen LogP contribution is 2.48. The molecular weight excluding hydrogens is 500 g/mol. The van der Waals surface area contributed by atoms with Gasteiger partial charge < -0.3 is 19.9 Å². The summed E-state index contributed by atoms with van der Waals surface area (Å²) in [4.78, 5) is 7.68. The van der Waals surface area contributed by atoms with Crippen LogP contribution in [0.25, 0.3) is 0 Å². The number of halogens is 4. The molecule has 1 N–H and O–H groups in total. The number of piperazine rings is 1. The van der Waals surface area contributed by atoms with E-state index in [2.05, 4.69) is 36.9 Å². The molecule has 2 aromatic heterocycles. The minimum absolute atomic E-state index is 0.00437. The van der Waals surface area contributed by atoms with Gasteiger partial charge in [0.1, 0.15) is 23.9 Å². The molecule has 0 spiro atoms. The maximum atomic E-state index is 15.1. The largest absolute Gasteiger partial charge is 0.472 e. The Balaban J connectivity index is 1.18. The van der Waals surface area contributed by atoms with E-state index in [9.17, 15) is 13.2 Å². The zero-order chi connectivity index (χ0) is 26.9. The highest BCUT2D eigenvalue weighted by Gasteiger charge is 2.45. The molecule has 0 unspecified atom stereocenters. The van der Waals surface area contributed by atoms with Gasteiger partial charge in [0.05, 0.1) is 11.2 Å². The fourth-order valence-corrected chi connectivity index (χ4v) is 4.54. The van der Waals surface area contributed by atoms with Crippen molar-refractivity contribution >= 4 is 11.5 Å². The van der Waals surface area contributed by atoms with Crippen LogP contribution in [-0.4, -0.2) is 46.3 Å². The Morgan fingerprint density at radius 1 is 1.05 bits per heavy atom. The van der Waals surface area contributed by atoms with Gasteiger partial charge in [-0.05, 0) is 49.6 Å². The first kappa shape index (κ1) is 25.7. The molecular formula is C27H28F4N6O. The standard InChI is InChI=1S/C27H28F4N6O/c1-18(2)36-11-13-37(14-12-36)22-5-4-20(15-21(22)28)26(9-10-26)33-24-7-8-25(35-34-24)38-17-19-3-6-23(32-16-19)27(29,30)31/h3-8,15-16H,1,9-14,17H2,2H3,(H,33,34). The number of allylic oxidation sites excluding steroid dienone is 1. The lowest BCUT2D eigenvalue weighted by molar-refractivity contribution is -0.141. The Kier molecular flexibility index (Phi) is 6.85. The minimum Gasteiger partial charge on any atom is -0.472 e. The number of rotatable bonds is 8. The number of benzene rings is 1. The van der Waals surface area contributed by atoms with E-state index in [1.165, 1.54) is 6.07 Å². The molecule has 2 fully saturated rings. The average Bonchev–Trinajstić information content (AvgIpc) is 3.68. The van der Waals surface area contributed by atoms with Gasteiger partial charge in [0.15, 0.2) is 0 Å². The van der Waals surface area contributed by atoms with Crippen molar-refractivity contribution in [1.82, 2.24) is 20.1 Å². The molecule has 0 radical (unpaired) electrons. The molecule has 1 saturated heterocycles. The van der Waals surface area contributed by atoms with E-state index in [4.69, 9.17) is 4.74 Å². The molecule has 0 amide bonds. The van der Waals surface area contributed by atoms with Crippen LogP contribution < -0.4 is 15.0 Å². The van der Waals surface area contributed by atoms with Crippen LogP contribution in [0.15, 0.2) is 60.9 Å². The second-order valence-corrected chi connectivity index (χ2v) is 9.68. The van der Waals surface area contributed by atoms with Gasteiger partial charge in [-0.15, -0.1) is 10.2 Å². The highest BCUT2D eigenvalue weighted by molar-refractivity contribution is 5.54. The third-order valence-electron chi connectivity index (χ3n) is 6.92. The van der Waals surface area contributed by atoms with Crippen molar-refractivity contribution in [3.8, 4) is 5.88 Å². The number of nitrogens with one attached hydrogen (secondary N) is 1. The lowest BCUT2D eigenvalue weighted by Gasteiger charge is -2.37. The van der Waals surface area contributed by atoms with E-state index >= 15 is 4.39 Å². The van der Waals surface area contributed by atoms with Crippen molar-refractivity contribution in [2.45, 2.75) is 38.1 Å². The monoisotopic (exact) mass is 528 g/mol. The molecule has 7 nitrogen and oxygen atoms in total. The Labute approximate surface area is 218 Å². The average molecular weight is 529 g/mol. The summed E-state index contributed by atoms with van der Waals surface area (Å²) >= 11 is 0. The molecule has 1 aromatic carbocycles. The number of ether oxygens (including phenoxy) is 1. The predicted octanol–water partition coefficient (Wildman–Crippen LogP) is 5.37. The Bertz CT molecular complexity index is 1280. The third-order valence-corrected chi connectivity index (χ3v) is 6.92. The summed E-state index contributed by atoms with van der Waals surface area (Å²) in [5, 5.41) is 11.6. The Hall–Kier alpha value is -3.89. The molecule has 38 heavy (non-hydrogen) atoms. The van der Waals surface area contributed by atoms with Crippen molar-refractivity contribution in [3.63, 3.8) is 0 Å². The Morgan fingerprint density at radius 3 is 2.37 bits per heavy atom. The van der Waals surface area contributed by atoms with E-state index < -0.39 is 17.4 Å². The van der Waals surface area contributed by atoms with Gasteiger partial charge in [0.2, 0.25) is 5.88 Å². The van der Waals surface area contributed by atoms with Crippen LogP contribution in [0.4, 0.5) is 29.1 Å². The molecule has 2 aliphatic rings. The SMILES string of the molecule is C=C(C)N1CCN(c2ccc(C3(Nc4ccc(OCc5ccc(C(F)(F)F)nc5)nn4)CC3)cc2F)CC1. The lowest BCUT2D eigenvalue weighted by atomic mass is 10.0. The van der Waals surface area contributed by atoms with Crippen molar-refractivity contribution in [3.05, 3.63) is 83.6 Å². The van der Waals surface area contributed by atoms with Crippen molar-refractivity contribution in [2.75, 3.05) is 36.4 Å². The zero-order valence-electron chi connectivity index (χ0n) is 20.9. The van der Waals surface area contributed by atoms with Crippen LogP contribution >= 0.6 is 0 Å². The summed E-state index contributed by atoms with van der Waals surface area (Å²) in [6.45, 7) is 9.10. The van der Waals surface area contributed by atoms with E-state index in [0.29, 0.717) is 17.1 Å². The number of nitrogens with zero attached hydrogens (tertiary/aromatic N) is 5. The third kappa shape index (κ3) is 5.66. The smallest absolute Gasteiger partial charge is 0.433 e. The second-order valence-electron chi connectivity index (χ2n) is 9.68. The van der Waals surface area contributed by atoms with Gasteiger partial charge in [-0.3, -0.25) is 4.98 Å². The first-order chi connectivity index (χ1) is 18.1. The lowest BCUT2D eigenvalue weighted by Crippen LogP contribution is -2.45. The number of aromatic nitrogens is 3. The quantitative estimate of drug-likeness (QED) is 0.395. The van der Waals surface area contributed by atoms with Crippen LogP contribution in [0.3, 0.4) is 0 Å². The summed E-state index contributed by atoms with van der Waals surface area (Å²) in [5.74, 6) is 0.501. The predicted molar refractivity (Wildman–Crippen MR) is 135 cm³/mol. The van der Waals surface area contributed by atoms with Gasteiger partial charge in [0, 0.05) is 49.7 Å². The van der Waals surface area contributed by atoms with Crippen LogP contribution in [-0.2, 0) is 18.3 Å². The summed E-state index contributed by atoms with van der Waals surface area (Å²) in [6, 6.07) is 11.0. The van der Waals surface area contributed by atoms with E-state index in [1.54, 1.807) is 18.2 Å². The maximum Gasteiger partial charge on any atom is 0.433 e. The summed E-state index contributed by atoms with van der Waals surface area (Å²) in [7, 11) is 0. The van der Waals surface area contributed by atoms with Gasteiger partial charge in [-0.1, -0.05) is 18.7 Å². The fraction of sp³-hybridized carbons (Fsp3) is 0.370. The molecule has 1 saturated carbocycles. The molecule has 1 aliphatic carbocycles. The van der Waals surface area contributed by atoms with Crippen molar-refractivity contribution in [1.29, 1.82) is 0 Å².